The Labute approximate surface area is 209 Å². The number of aryl methyl sites for hydroxylation is 1. The number of hydrogen-bond donors (Lipinski definition) is 1. The lowest BCUT2D eigenvalue weighted by Crippen LogP contribution is -2.16. The molecule has 1 aliphatic carbocycles. The predicted molar refractivity (Wildman–Crippen MR) is 136 cm³/mol. The average Bonchev–Trinajstić information content (AvgIpc) is 3.42. The minimum atomic E-state index is -0.0611. The molecule has 3 aromatic rings. The van der Waals surface area contributed by atoms with Crippen molar-refractivity contribution in [2.24, 2.45) is 0 Å². The fourth-order valence-electron chi connectivity index (χ4n) is 4.98. The van der Waals surface area contributed by atoms with Gasteiger partial charge in [-0.25, -0.2) is 0 Å². The summed E-state index contributed by atoms with van der Waals surface area (Å²) in [5.74, 6) is 2.15. The molecule has 1 N–H and O–H groups in total. The summed E-state index contributed by atoms with van der Waals surface area (Å²) < 4.78 is 13.1. The first-order valence-corrected chi connectivity index (χ1v) is 12.9. The second-order valence-electron chi connectivity index (χ2n) is 8.93. The summed E-state index contributed by atoms with van der Waals surface area (Å²) in [5.41, 5.74) is 3.41. The van der Waals surface area contributed by atoms with Crippen molar-refractivity contribution in [3.05, 3.63) is 40.7 Å². The van der Waals surface area contributed by atoms with Gasteiger partial charge < -0.3 is 14.5 Å². The third-order valence-electron chi connectivity index (χ3n) is 6.65. The standard InChI is InChI=1S/C26H32N4O4S/c1-15-23(17(3)31)16(2)27-24(15)20(32)14-35-26-29-28-25(30(26)19-9-7-6-8-10-19)18-11-12-21(33-4)22(13-18)34-5/h11-13,19,27H,6-10,14H2,1-5H3. The Morgan fingerprint density at radius 3 is 2.43 bits per heavy atom. The number of benzene rings is 1. The van der Waals surface area contributed by atoms with Crippen molar-refractivity contribution in [2.75, 3.05) is 20.0 Å². The average molecular weight is 497 g/mol. The number of methoxy groups -OCH3 is 2. The maximum atomic E-state index is 13.1. The second-order valence-corrected chi connectivity index (χ2v) is 9.87. The molecule has 4 rings (SSSR count). The maximum Gasteiger partial charge on any atom is 0.192 e. The van der Waals surface area contributed by atoms with E-state index >= 15 is 0 Å². The van der Waals surface area contributed by atoms with E-state index in [-0.39, 0.29) is 23.4 Å². The van der Waals surface area contributed by atoms with Crippen molar-refractivity contribution < 1.29 is 19.1 Å². The number of H-pyrrole nitrogens is 1. The number of aromatic nitrogens is 4. The van der Waals surface area contributed by atoms with Crippen molar-refractivity contribution in [2.45, 2.75) is 64.1 Å². The highest BCUT2D eigenvalue weighted by atomic mass is 32.2. The highest BCUT2D eigenvalue weighted by molar-refractivity contribution is 7.99. The number of ether oxygens (including phenoxy) is 2. The Balaban J connectivity index is 1.65. The number of aromatic amines is 1. The van der Waals surface area contributed by atoms with Gasteiger partial charge in [0.05, 0.1) is 25.7 Å². The van der Waals surface area contributed by atoms with Gasteiger partial charge in [0.15, 0.2) is 34.0 Å². The van der Waals surface area contributed by atoms with Gasteiger partial charge >= 0.3 is 0 Å². The normalized spacial score (nSPS) is 14.2. The van der Waals surface area contributed by atoms with Gasteiger partial charge in [-0.1, -0.05) is 31.0 Å². The molecular weight excluding hydrogens is 464 g/mol. The summed E-state index contributed by atoms with van der Waals surface area (Å²) in [7, 11) is 3.22. The zero-order chi connectivity index (χ0) is 25.1. The molecule has 1 saturated carbocycles. The Morgan fingerprint density at radius 1 is 1.09 bits per heavy atom. The van der Waals surface area contributed by atoms with Crippen LogP contribution in [0.15, 0.2) is 23.4 Å². The quantitative estimate of drug-likeness (QED) is 0.304. The third-order valence-corrected chi connectivity index (χ3v) is 7.59. The van der Waals surface area contributed by atoms with Gasteiger partial charge in [0.2, 0.25) is 0 Å². The first-order chi connectivity index (χ1) is 16.8. The van der Waals surface area contributed by atoms with Crippen LogP contribution in [-0.4, -0.2) is 51.3 Å². The van der Waals surface area contributed by atoms with Crippen molar-refractivity contribution in [3.63, 3.8) is 0 Å². The van der Waals surface area contributed by atoms with E-state index < -0.39 is 0 Å². The molecule has 186 valence electrons. The molecule has 0 spiro atoms. The van der Waals surface area contributed by atoms with E-state index in [1.165, 1.54) is 25.1 Å². The van der Waals surface area contributed by atoms with Crippen LogP contribution in [0.4, 0.5) is 0 Å². The van der Waals surface area contributed by atoms with Gasteiger partial charge in [0, 0.05) is 22.9 Å². The molecule has 2 heterocycles. The number of thioether (sulfide) groups is 1. The molecule has 1 aromatic carbocycles. The van der Waals surface area contributed by atoms with Crippen molar-refractivity contribution in [3.8, 4) is 22.9 Å². The lowest BCUT2D eigenvalue weighted by Gasteiger charge is -2.25. The fourth-order valence-corrected chi connectivity index (χ4v) is 5.85. The summed E-state index contributed by atoms with van der Waals surface area (Å²) in [6.07, 6.45) is 5.65. The van der Waals surface area contributed by atoms with Crippen LogP contribution in [0, 0.1) is 13.8 Å². The molecule has 0 atom stereocenters. The molecule has 0 aliphatic heterocycles. The van der Waals surface area contributed by atoms with Gasteiger partial charge in [0.25, 0.3) is 0 Å². The molecule has 1 fully saturated rings. The van der Waals surface area contributed by atoms with Gasteiger partial charge in [-0.05, 0) is 57.4 Å². The summed E-state index contributed by atoms with van der Waals surface area (Å²) in [6, 6.07) is 6.01. The lowest BCUT2D eigenvalue weighted by molar-refractivity contribution is 0.101. The van der Waals surface area contributed by atoms with Crippen LogP contribution < -0.4 is 9.47 Å². The van der Waals surface area contributed by atoms with E-state index in [4.69, 9.17) is 9.47 Å². The van der Waals surface area contributed by atoms with Crippen LogP contribution >= 0.6 is 11.8 Å². The van der Waals surface area contributed by atoms with Crippen LogP contribution in [0.5, 0.6) is 11.5 Å². The number of ketones is 2. The Kier molecular flexibility index (Phi) is 7.64. The van der Waals surface area contributed by atoms with Crippen molar-refractivity contribution >= 4 is 23.3 Å². The molecule has 9 heteroatoms. The largest absolute Gasteiger partial charge is 0.493 e. The van der Waals surface area contributed by atoms with Crippen LogP contribution in [0.2, 0.25) is 0 Å². The number of nitrogens with one attached hydrogen (secondary N) is 1. The third kappa shape index (κ3) is 5.00. The lowest BCUT2D eigenvalue weighted by atomic mass is 9.95. The van der Waals surface area contributed by atoms with E-state index in [2.05, 4.69) is 19.7 Å². The highest BCUT2D eigenvalue weighted by Crippen LogP contribution is 2.38. The highest BCUT2D eigenvalue weighted by Gasteiger charge is 2.26. The van der Waals surface area contributed by atoms with Crippen LogP contribution in [0.1, 0.15) is 77.2 Å². The van der Waals surface area contributed by atoms with E-state index in [1.807, 2.05) is 32.0 Å². The smallest absolute Gasteiger partial charge is 0.192 e. The summed E-state index contributed by atoms with van der Waals surface area (Å²) in [6.45, 7) is 5.16. The molecule has 0 amide bonds. The number of carbonyl (C=O) groups excluding carboxylic acids is 2. The number of carbonyl (C=O) groups is 2. The van der Waals surface area contributed by atoms with E-state index in [0.29, 0.717) is 28.3 Å². The minimum Gasteiger partial charge on any atom is -0.493 e. The van der Waals surface area contributed by atoms with Crippen molar-refractivity contribution in [1.29, 1.82) is 0 Å². The Hall–Kier alpha value is -3.07. The van der Waals surface area contributed by atoms with Gasteiger partial charge in [-0.15, -0.1) is 10.2 Å². The minimum absolute atomic E-state index is 0.0421. The zero-order valence-corrected chi connectivity index (χ0v) is 21.8. The van der Waals surface area contributed by atoms with Crippen molar-refractivity contribution in [1.82, 2.24) is 19.7 Å². The molecule has 0 bridgehead atoms. The molecule has 0 unspecified atom stereocenters. The molecule has 2 aromatic heterocycles. The maximum absolute atomic E-state index is 13.1. The van der Waals surface area contributed by atoms with E-state index in [9.17, 15) is 9.59 Å². The Morgan fingerprint density at radius 2 is 1.80 bits per heavy atom. The van der Waals surface area contributed by atoms with Crippen LogP contribution in [0.3, 0.4) is 0 Å². The number of nitrogens with zero attached hydrogens (tertiary/aromatic N) is 3. The monoisotopic (exact) mass is 496 g/mol. The zero-order valence-electron chi connectivity index (χ0n) is 20.9. The first-order valence-electron chi connectivity index (χ1n) is 11.9. The van der Waals surface area contributed by atoms with E-state index in [0.717, 1.165) is 47.9 Å². The molecule has 0 saturated heterocycles. The number of hydrogen-bond acceptors (Lipinski definition) is 7. The summed E-state index contributed by atoms with van der Waals surface area (Å²) >= 11 is 1.39. The van der Waals surface area contributed by atoms with Gasteiger partial charge in [0.1, 0.15) is 0 Å². The topological polar surface area (TPSA) is 99.1 Å². The van der Waals surface area contributed by atoms with Gasteiger partial charge in [-0.3, -0.25) is 14.2 Å². The van der Waals surface area contributed by atoms with Gasteiger partial charge in [-0.2, -0.15) is 0 Å². The van der Waals surface area contributed by atoms with E-state index in [1.54, 1.807) is 14.2 Å². The molecule has 8 nitrogen and oxygen atoms in total. The summed E-state index contributed by atoms with van der Waals surface area (Å²) in [5, 5.41) is 9.75. The molecule has 1 aliphatic rings. The predicted octanol–water partition coefficient (Wildman–Crippen LogP) is 5.59. The SMILES string of the molecule is COc1ccc(-c2nnc(SCC(=O)c3[nH]c(C)c(C(C)=O)c3C)n2C2CCCCC2)cc1OC. The number of Topliss-reactive ketones (excluding diaryl/α,β-unsaturated/α-hetero) is 2. The Bertz CT molecular complexity index is 1240. The molecule has 35 heavy (non-hydrogen) atoms. The molecule has 0 radical (unpaired) electrons. The second kappa shape index (κ2) is 10.7. The molecular formula is C26H32N4O4S. The summed E-state index contributed by atoms with van der Waals surface area (Å²) in [4.78, 5) is 28.2. The van der Waals surface area contributed by atoms with Crippen LogP contribution in [-0.2, 0) is 0 Å². The number of rotatable bonds is 9. The fraction of sp³-hybridized carbons (Fsp3) is 0.462. The first kappa shape index (κ1) is 25.0. The van der Waals surface area contributed by atoms with Crippen LogP contribution in [0.25, 0.3) is 11.4 Å².